The monoisotopic (exact) mass is 318 g/mol. The van der Waals surface area contributed by atoms with Crippen molar-refractivity contribution in [2.75, 3.05) is 0 Å². The Labute approximate surface area is 123 Å². The SMILES string of the molecule is CC(CCCC(C)C(=O)O)NS(=O)(=O)c1ncccc1F. The molecule has 0 aliphatic heterocycles. The molecule has 1 aromatic heterocycles. The molecule has 0 saturated heterocycles. The van der Waals surface area contributed by atoms with Crippen LogP contribution in [-0.2, 0) is 14.8 Å². The summed E-state index contributed by atoms with van der Waals surface area (Å²) in [7, 11) is -4.01. The van der Waals surface area contributed by atoms with Crippen molar-refractivity contribution in [2.45, 2.75) is 44.2 Å². The number of pyridine rings is 1. The van der Waals surface area contributed by atoms with Crippen molar-refractivity contribution in [1.29, 1.82) is 0 Å². The van der Waals surface area contributed by atoms with E-state index in [2.05, 4.69) is 9.71 Å². The first-order valence-corrected chi connectivity index (χ1v) is 8.08. The fraction of sp³-hybridized carbons (Fsp3) is 0.538. The predicted octanol–water partition coefficient (Wildman–Crippen LogP) is 1.78. The number of hydrogen-bond donors (Lipinski definition) is 2. The lowest BCUT2D eigenvalue weighted by Gasteiger charge is -2.14. The van der Waals surface area contributed by atoms with Crippen molar-refractivity contribution >= 4 is 16.0 Å². The summed E-state index contributed by atoms with van der Waals surface area (Å²) in [6.07, 6.45) is 2.68. The smallest absolute Gasteiger partial charge is 0.306 e. The molecular weight excluding hydrogens is 299 g/mol. The Kier molecular flexibility index (Phi) is 6.22. The van der Waals surface area contributed by atoms with E-state index < -0.39 is 38.8 Å². The van der Waals surface area contributed by atoms with Crippen LogP contribution < -0.4 is 4.72 Å². The fourth-order valence-electron chi connectivity index (χ4n) is 1.80. The van der Waals surface area contributed by atoms with Gasteiger partial charge in [-0.3, -0.25) is 4.79 Å². The Morgan fingerprint density at radius 2 is 2.10 bits per heavy atom. The lowest BCUT2D eigenvalue weighted by Crippen LogP contribution is -2.33. The third-order valence-electron chi connectivity index (χ3n) is 3.03. The minimum Gasteiger partial charge on any atom is -0.481 e. The Morgan fingerprint density at radius 1 is 1.43 bits per heavy atom. The first-order valence-electron chi connectivity index (χ1n) is 6.59. The highest BCUT2D eigenvalue weighted by atomic mass is 32.2. The molecule has 0 aromatic carbocycles. The van der Waals surface area contributed by atoms with Crippen molar-refractivity contribution in [3.05, 3.63) is 24.1 Å². The third-order valence-corrected chi connectivity index (χ3v) is 4.55. The number of aliphatic carboxylic acids is 1. The first-order chi connectivity index (χ1) is 9.74. The molecule has 21 heavy (non-hydrogen) atoms. The molecule has 1 heterocycles. The zero-order valence-electron chi connectivity index (χ0n) is 11.9. The van der Waals surface area contributed by atoms with Gasteiger partial charge in [0.15, 0.2) is 5.82 Å². The van der Waals surface area contributed by atoms with Crippen molar-refractivity contribution in [3.8, 4) is 0 Å². The van der Waals surface area contributed by atoms with Gasteiger partial charge in [-0.25, -0.2) is 22.5 Å². The molecule has 8 heteroatoms. The molecule has 2 atom stereocenters. The summed E-state index contributed by atoms with van der Waals surface area (Å²) in [5, 5.41) is 8.12. The number of sulfonamides is 1. The molecule has 0 amide bonds. The van der Waals surface area contributed by atoms with Gasteiger partial charge in [0.25, 0.3) is 10.0 Å². The number of nitrogens with zero attached hydrogens (tertiary/aromatic N) is 1. The summed E-state index contributed by atoms with van der Waals surface area (Å²) in [5.41, 5.74) is 0. The number of carbonyl (C=O) groups is 1. The van der Waals surface area contributed by atoms with Crippen molar-refractivity contribution in [3.63, 3.8) is 0 Å². The molecule has 0 spiro atoms. The minimum atomic E-state index is -4.01. The van der Waals surface area contributed by atoms with Crippen molar-refractivity contribution in [2.24, 2.45) is 5.92 Å². The second-order valence-electron chi connectivity index (χ2n) is 4.98. The van der Waals surface area contributed by atoms with Gasteiger partial charge in [0, 0.05) is 12.2 Å². The highest BCUT2D eigenvalue weighted by molar-refractivity contribution is 7.89. The minimum absolute atomic E-state index is 0.433. The first kappa shape index (κ1) is 17.5. The van der Waals surface area contributed by atoms with Gasteiger partial charge in [0.2, 0.25) is 5.03 Å². The van der Waals surface area contributed by atoms with Gasteiger partial charge in [0.1, 0.15) is 0 Å². The van der Waals surface area contributed by atoms with Gasteiger partial charge in [-0.1, -0.05) is 13.3 Å². The number of carboxylic acid groups (broad SMARTS) is 1. The van der Waals surface area contributed by atoms with Gasteiger partial charge in [-0.05, 0) is 31.9 Å². The lowest BCUT2D eigenvalue weighted by atomic mass is 10.0. The van der Waals surface area contributed by atoms with E-state index in [4.69, 9.17) is 5.11 Å². The van der Waals surface area contributed by atoms with E-state index in [0.29, 0.717) is 19.3 Å². The van der Waals surface area contributed by atoms with E-state index >= 15 is 0 Å². The van der Waals surface area contributed by atoms with Crippen LogP contribution in [0.5, 0.6) is 0 Å². The summed E-state index contributed by atoms with van der Waals surface area (Å²) in [6, 6.07) is 1.91. The second-order valence-corrected chi connectivity index (χ2v) is 6.61. The van der Waals surface area contributed by atoms with Crippen molar-refractivity contribution in [1.82, 2.24) is 9.71 Å². The van der Waals surface area contributed by atoms with Crippen LogP contribution in [0, 0.1) is 11.7 Å². The maximum absolute atomic E-state index is 13.4. The summed E-state index contributed by atoms with van der Waals surface area (Å²) in [6.45, 7) is 3.24. The van der Waals surface area contributed by atoms with Crippen LogP contribution >= 0.6 is 0 Å². The molecular formula is C13H19FN2O4S. The van der Waals surface area contributed by atoms with Crippen LogP contribution in [0.2, 0.25) is 0 Å². The number of nitrogens with one attached hydrogen (secondary N) is 1. The number of hydrogen-bond acceptors (Lipinski definition) is 4. The molecule has 2 N–H and O–H groups in total. The molecule has 1 rings (SSSR count). The van der Waals surface area contributed by atoms with Gasteiger partial charge in [-0.2, -0.15) is 0 Å². The molecule has 6 nitrogen and oxygen atoms in total. The molecule has 118 valence electrons. The van der Waals surface area contributed by atoms with E-state index in [1.165, 1.54) is 12.3 Å². The van der Waals surface area contributed by atoms with Crippen molar-refractivity contribution < 1.29 is 22.7 Å². The van der Waals surface area contributed by atoms with Gasteiger partial charge >= 0.3 is 5.97 Å². The standard InChI is InChI=1S/C13H19FN2O4S/c1-9(13(17)18)5-3-6-10(2)16-21(19,20)12-11(14)7-4-8-15-12/h4,7-10,16H,3,5-6H2,1-2H3,(H,17,18). The highest BCUT2D eigenvalue weighted by Crippen LogP contribution is 2.13. The molecule has 1 aromatic rings. The zero-order valence-corrected chi connectivity index (χ0v) is 12.7. The van der Waals surface area contributed by atoms with E-state index in [1.54, 1.807) is 13.8 Å². The number of halogens is 1. The maximum Gasteiger partial charge on any atom is 0.306 e. The summed E-state index contributed by atoms with van der Waals surface area (Å²) in [4.78, 5) is 14.2. The lowest BCUT2D eigenvalue weighted by molar-refractivity contribution is -0.141. The van der Waals surface area contributed by atoms with Crippen LogP contribution in [0.4, 0.5) is 4.39 Å². The van der Waals surface area contributed by atoms with E-state index in [0.717, 1.165) is 6.07 Å². The molecule has 0 fully saturated rings. The zero-order chi connectivity index (χ0) is 16.0. The topological polar surface area (TPSA) is 96.4 Å². The molecule has 0 aliphatic carbocycles. The van der Waals surface area contributed by atoms with Gasteiger partial charge in [-0.15, -0.1) is 0 Å². The molecule has 0 bridgehead atoms. The number of carboxylic acids is 1. The highest BCUT2D eigenvalue weighted by Gasteiger charge is 2.22. The molecule has 0 saturated carbocycles. The van der Waals surface area contributed by atoms with Crippen LogP contribution in [0.15, 0.2) is 23.4 Å². The second kappa shape index (κ2) is 7.46. The molecule has 0 radical (unpaired) electrons. The molecule has 0 aliphatic rings. The Hall–Kier alpha value is -1.54. The van der Waals surface area contributed by atoms with Gasteiger partial charge in [0.05, 0.1) is 5.92 Å². The average Bonchev–Trinajstić information content (AvgIpc) is 2.38. The van der Waals surface area contributed by atoms with Crippen LogP contribution in [0.25, 0.3) is 0 Å². The predicted molar refractivity (Wildman–Crippen MR) is 74.6 cm³/mol. The fourth-order valence-corrected chi connectivity index (χ4v) is 3.09. The summed E-state index contributed by atoms with van der Waals surface area (Å²) in [5.74, 6) is -2.25. The normalized spacial score (nSPS) is 14.6. The van der Waals surface area contributed by atoms with E-state index in [-0.39, 0.29) is 0 Å². The third kappa shape index (κ3) is 5.39. The van der Waals surface area contributed by atoms with Crippen LogP contribution in [-0.4, -0.2) is 30.5 Å². The summed E-state index contributed by atoms with van der Waals surface area (Å²) >= 11 is 0. The van der Waals surface area contributed by atoms with E-state index in [9.17, 15) is 17.6 Å². The van der Waals surface area contributed by atoms with Gasteiger partial charge < -0.3 is 5.11 Å². The summed E-state index contributed by atoms with van der Waals surface area (Å²) < 4.78 is 39.7. The number of rotatable bonds is 8. The number of aromatic nitrogens is 1. The molecule has 2 unspecified atom stereocenters. The maximum atomic E-state index is 13.4. The average molecular weight is 318 g/mol. The Bertz CT molecular complexity index is 592. The Balaban J connectivity index is 2.56. The Morgan fingerprint density at radius 3 is 2.67 bits per heavy atom. The van der Waals surface area contributed by atoms with Crippen LogP contribution in [0.3, 0.4) is 0 Å². The van der Waals surface area contributed by atoms with Crippen LogP contribution in [0.1, 0.15) is 33.1 Å². The van der Waals surface area contributed by atoms with E-state index in [1.807, 2.05) is 0 Å². The quantitative estimate of drug-likeness (QED) is 0.761. The largest absolute Gasteiger partial charge is 0.481 e.